The average molecular weight is 411 g/mol. The van der Waals surface area contributed by atoms with E-state index in [4.69, 9.17) is 5.73 Å². The molecule has 154 valence electrons. The van der Waals surface area contributed by atoms with Gasteiger partial charge in [0, 0.05) is 16.9 Å². The van der Waals surface area contributed by atoms with Crippen LogP contribution in [0.1, 0.15) is 26.3 Å². The first kappa shape index (κ1) is 19.9. The predicted molar refractivity (Wildman–Crippen MR) is 121 cm³/mol. The van der Waals surface area contributed by atoms with Gasteiger partial charge in [0.05, 0.1) is 12.7 Å². The maximum atomic E-state index is 12.7. The van der Waals surface area contributed by atoms with E-state index in [2.05, 4.69) is 15.7 Å². The molecule has 0 aliphatic rings. The summed E-state index contributed by atoms with van der Waals surface area (Å²) in [7, 11) is 0. The molecule has 0 fully saturated rings. The molecule has 31 heavy (non-hydrogen) atoms. The standard InChI is InChI=1S/C24H21N5O2/c25-22-21(15-26-29(22)16-17-8-3-1-4-9-17)24(31)28-20-13-7-12-19(14-20)27-23(30)18-10-5-2-6-11-18/h1-15H,16,25H2,(H,27,30)(H,28,31). The molecule has 4 rings (SSSR count). The molecule has 0 aliphatic heterocycles. The average Bonchev–Trinajstić information content (AvgIpc) is 3.15. The van der Waals surface area contributed by atoms with E-state index in [-0.39, 0.29) is 23.2 Å². The van der Waals surface area contributed by atoms with E-state index >= 15 is 0 Å². The Morgan fingerprint density at radius 3 is 2.10 bits per heavy atom. The van der Waals surface area contributed by atoms with Gasteiger partial charge in [-0.3, -0.25) is 9.59 Å². The van der Waals surface area contributed by atoms with Gasteiger partial charge in [0.15, 0.2) is 0 Å². The number of rotatable bonds is 6. The van der Waals surface area contributed by atoms with Crippen molar-refractivity contribution in [1.82, 2.24) is 9.78 Å². The van der Waals surface area contributed by atoms with Gasteiger partial charge in [-0.1, -0.05) is 54.6 Å². The Bertz CT molecular complexity index is 1200. The Labute approximate surface area is 179 Å². The first-order valence-electron chi connectivity index (χ1n) is 9.73. The second kappa shape index (κ2) is 8.96. The molecular weight excluding hydrogens is 390 g/mol. The summed E-state index contributed by atoms with van der Waals surface area (Å²) in [4.78, 5) is 25.1. The summed E-state index contributed by atoms with van der Waals surface area (Å²) < 4.78 is 1.58. The van der Waals surface area contributed by atoms with Crippen LogP contribution in [0.5, 0.6) is 0 Å². The van der Waals surface area contributed by atoms with Gasteiger partial charge in [0.1, 0.15) is 11.4 Å². The third-order valence-electron chi connectivity index (χ3n) is 4.71. The molecule has 0 aliphatic carbocycles. The van der Waals surface area contributed by atoms with Crippen molar-refractivity contribution in [3.05, 3.63) is 108 Å². The van der Waals surface area contributed by atoms with Crippen LogP contribution >= 0.6 is 0 Å². The molecular formula is C24H21N5O2. The van der Waals surface area contributed by atoms with Crippen molar-refractivity contribution in [1.29, 1.82) is 0 Å². The molecule has 4 N–H and O–H groups in total. The number of nitrogens with one attached hydrogen (secondary N) is 2. The first-order valence-corrected chi connectivity index (χ1v) is 9.73. The molecule has 2 amide bonds. The van der Waals surface area contributed by atoms with Crippen LogP contribution in [0.25, 0.3) is 0 Å². The second-order valence-corrected chi connectivity index (χ2v) is 6.94. The molecule has 0 saturated carbocycles. The minimum atomic E-state index is -0.372. The number of hydrogen-bond donors (Lipinski definition) is 3. The van der Waals surface area contributed by atoms with E-state index < -0.39 is 0 Å². The highest BCUT2D eigenvalue weighted by atomic mass is 16.2. The lowest BCUT2D eigenvalue weighted by Gasteiger charge is -2.09. The van der Waals surface area contributed by atoms with Gasteiger partial charge in [0.2, 0.25) is 0 Å². The van der Waals surface area contributed by atoms with Crippen LogP contribution in [0.2, 0.25) is 0 Å². The van der Waals surface area contributed by atoms with Crippen molar-refractivity contribution >= 4 is 29.0 Å². The number of nitrogen functional groups attached to an aromatic ring is 1. The predicted octanol–water partition coefficient (Wildman–Crippen LogP) is 4.02. The number of aromatic nitrogens is 2. The van der Waals surface area contributed by atoms with E-state index in [1.165, 1.54) is 6.20 Å². The maximum Gasteiger partial charge on any atom is 0.261 e. The van der Waals surface area contributed by atoms with Crippen molar-refractivity contribution in [3.63, 3.8) is 0 Å². The van der Waals surface area contributed by atoms with E-state index in [0.29, 0.717) is 23.5 Å². The van der Waals surface area contributed by atoms with Crippen LogP contribution in [-0.2, 0) is 6.54 Å². The molecule has 3 aromatic carbocycles. The van der Waals surface area contributed by atoms with E-state index in [9.17, 15) is 9.59 Å². The number of benzene rings is 3. The van der Waals surface area contributed by atoms with Crippen LogP contribution in [-0.4, -0.2) is 21.6 Å². The fourth-order valence-electron chi connectivity index (χ4n) is 3.12. The highest BCUT2D eigenvalue weighted by Gasteiger charge is 2.16. The third kappa shape index (κ3) is 4.79. The zero-order valence-corrected chi connectivity index (χ0v) is 16.7. The lowest BCUT2D eigenvalue weighted by atomic mass is 10.2. The Balaban J connectivity index is 1.44. The number of amides is 2. The molecule has 0 spiro atoms. The zero-order chi connectivity index (χ0) is 21.6. The van der Waals surface area contributed by atoms with Crippen molar-refractivity contribution in [2.45, 2.75) is 6.54 Å². The van der Waals surface area contributed by atoms with Crippen LogP contribution in [0.4, 0.5) is 17.2 Å². The molecule has 0 bridgehead atoms. The summed E-state index contributed by atoms with van der Waals surface area (Å²) in [6.07, 6.45) is 1.45. The molecule has 0 radical (unpaired) electrons. The monoisotopic (exact) mass is 411 g/mol. The van der Waals surface area contributed by atoms with Gasteiger partial charge in [-0.15, -0.1) is 0 Å². The number of carbonyl (C=O) groups excluding carboxylic acids is 2. The summed E-state index contributed by atoms with van der Waals surface area (Å²) in [5.41, 5.74) is 9.12. The van der Waals surface area contributed by atoms with Gasteiger partial charge >= 0.3 is 0 Å². The van der Waals surface area contributed by atoms with Crippen LogP contribution in [0.3, 0.4) is 0 Å². The molecule has 0 unspecified atom stereocenters. The Hall–Kier alpha value is -4.39. The molecule has 7 nitrogen and oxygen atoms in total. The van der Waals surface area contributed by atoms with Gasteiger partial charge in [0.25, 0.3) is 11.8 Å². The molecule has 4 aromatic rings. The fourth-order valence-corrected chi connectivity index (χ4v) is 3.12. The molecule has 0 saturated heterocycles. The summed E-state index contributed by atoms with van der Waals surface area (Å²) in [6.45, 7) is 0.473. The largest absolute Gasteiger partial charge is 0.383 e. The number of nitrogens with two attached hydrogens (primary N) is 1. The minimum Gasteiger partial charge on any atom is -0.383 e. The van der Waals surface area contributed by atoms with E-state index in [1.807, 2.05) is 36.4 Å². The fraction of sp³-hybridized carbons (Fsp3) is 0.0417. The summed E-state index contributed by atoms with van der Waals surface area (Å²) in [5.74, 6) is -0.311. The molecule has 1 heterocycles. The quantitative estimate of drug-likeness (QED) is 0.446. The Morgan fingerprint density at radius 1 is 0.806 bits per heavy atom. The number of anilines is 3. The van der Waals surface area contributed by atoms with Gasteiger partial charge in [-0.05, 0) is 35.9 Å². The van der Waals surface area contributed by atoms with Gasteiger partial charge in [-0.25, -0.2) is 4.68 Å². The Kier molecular flexibility index (Phi) is 5.75. The van der Waals surface area contributed by atoms with Crippen molar-refractivity contribution in [2.24, 2.45) is 0 Å². The lowest BCUT2D eigenvalue weighted by molar-refractivity contribution is 0.102. The highest BCUT2D eigenvalue weighted by Crippen LogP contribution is 2.19. The Morgan fingerprint density at radius 2 is 1.42 bits per heavy atom. The van der Waals surface area contributed by atoms with Crippen LogP contribution in [0, 0.1) is 0 Å². The molecule has 0 atom stereocenters. The van der Waals surface area contributed by atoms with Crippen molar-refractivity contribution in [3.8, 4) is 0 Å². The van der Waals surface area contributed by atoms with Crippen LogP contribution < -0.4 is 16.4 Å². The minimum absolute atomic E-state index is 0.226. The van der Waals surface area contributed by atoms with E-state index in [0.717, 1.165) is 5.56 Å². The molecule has 7 heteroatoms. The van der Waals surface area contributed by atoms with E-state index in [1.54, 1.807) is 53.2 Å². The SMILES string of the molecule is Nc1c(C(=O)Nc2cccc(NC(=O)c3ccccc3)c2)cnn1Cc1ccccc1. The van der Waals surface area contributed by atoms with Crippen LogP contribution in [0.15, 0.2) is 91.1 Å². The smallest absolute Gasteiger partial charge is 0.261 e. The second-order valence-electron chi connectivity index (χ2n) is 6.94. The summed E-state index contributed by atoms with van der Waals surface area (Å²) in [6, 6.07) is 25.6. The highest BCUT2D eigenvalue weighted by molar-refractivity contribution is 6.08. The normalized spacial score (nSPS) is 10.5. The van der Waals surface area contributed by atoms with Gasteiger partial charge < -0.3 is 16.4 Å². The lowest BCUT2D eigenvalue weighted by Crippen LogP contribution is -2.15. The van der Waals surface area contributed by atoms with Gasteiger partial charge in [-0.2, -0.15) is 5.10 Å². The number of carbonyl (C=O) groups is 2. The third-order valence-corrected chi connectivity index (χ3v) is 4.71. The van der Waals surface area contributed by atoms with Crippen molar-refractivity contribution < 1.29 is 9.59 Å². The summed E-state index contributed by atoms with van der Waals surface area (Å²) >= 11 is 0. The molecule has 1 aromatic heterocycles. The zero-order valence-electron chi connectivity index (χ0n) is 16.7. The number of hydrogen-bond acceptors (Lipinski definition) is 4. The maximum absolute atomic E-state index is 12.7. The summed E-state index contributed by atoms with van der Waals surface area (Å²) in [5, 5.41) is 9.87. The van der Waals surface area contributed by atoms with Crippen molar-refractivity contribution in [2.75, 3.05) is 16.4 Å². The topological polar surface area (TPSA) is 102 Å². The first-order chi connectivity index (χ1) is 15.1. The number of nitrogens with zero attached hydrogens (tertiary/aromatic N) is 2.